The van der Waals surface area contributed by atoms with E-state index in [1.54, 1.807) is 0 Å². The molecule has 0 aliphatic heterocycles. The van der Waals surface area contributed by atoms with E-state index in [-0.39, 0.29) is 17.0 Å². The van der Waals surface area contributed by atoms with Crippen LogP contribution in [0.25, 0.3) is 21.8 Å². The number of sulfonamides is 1. The molecule has 0 aliphatic carbocycles. The summed E-state index contributed by atoms with van der Waals surface area (Å²) >= 11 is 1.53. The van der Waals surface area contributed by atoms with Crippen molar-refractivity contribution < 1.29 is 18.3 Å². The van der Waals surface area contributed by atoms with Gasteiger partial charge in [-0.25, -0.2) is 22.9 Å². The first kappa shape index (κ1) is 20.9. The smallest absolute Gasteiger partial charge is 0.335 e. The lowest BCUT2D eigenvalue weighted by Gasteiger charge is -2.08. The van der Waals surface area contributed by atoms with Crippen molar-refractivity contribution in [2.24, 2.45) is 0 Å². The van der Waals surface area contributed by atoms with E-state index in [1.807, 2.05) is 60.0 Å². The minimum Gasteiger partial charge on any atom is -0.478 e. The van der Waals surface area contributed by atoms with Crippen LogP contribution < -0.4 is 4.72 Å². The Bertz CT molecular complexity index is 1320. The lowest BCUT2D eigenvalue weighted by Crippen LogP contribution is -2.23. The molecule has 8 heteroatoms. The Hall–Kier alpha value is -3.33. The van der Waals surface area contributed by atoms with Crippen LogP contribution in [0.2, 0.25) is 0 Å². The van der Waals surface area contributed by atoms with E-state index in [4.69, 9.17) is 10.1 Å². The lowest BCUT2D eigenvalue weighted by atomic mass is 10.1. The molecular formula is C23H18N2O4S2. The molecule has 0 unspecified atom stereocenters. The van der Waals surface area contributed by atoms with Gasteiger partial charge in [-0.3, -0.25) is 0 Å². The number of hydrogen-bond acceptors (Lipinski definition) is 5. The highest BCUT2D eigenvalue weighted by Crippen LogP contribution is 2.29. The monoisotopic (exact) mass is 450 g/mol. The number of nitrogens with one attached hydrogen (secondary N) is 1. The van der Waals surface area contributed by atoms with Gasteiger partial charge in [0.1, 0.15) is 5.01 Å². The minimum absolute atomic E-state index is 0.0149. The van der Waals surface area contributed by atoms with E-state index < -0.39 is 16.0 Å². The highest BCUT2D eigenvalue weighted by Gasteiger charge is 2.15. The van der Waals surface area contributed by atoms with Crippen LogP contribution in [0.3, 0.4) is 0 Å². The second-order valence-corrected chi connectivity index (χ2v) is 9.38. The summed E-state index contributed by atoms with van der Waals surface area (Å²) in [5.74, 6) is -1.11. The van der Waals surface area contributed by atoms with E-state index in [0.29, 0.717) is 0 Å². The maximum Gasteiger partial charge on any atom is 0.335 e. The summed E-state index contributed by atoms with van der Waals surface area (Å²) < 4.78 is 27.6. The zero-order valence-corrected chi connectivity index (χ0v) is 17.9. The van der Waals surface area contributed by atoms with Crippen molar-refractivity contribution in [2.75, 3.05) is 0 Å². The van der Waals surface area contributed by atoms with Gasteiger partial charge < -0.3 is 5.11 Å². The van der Waals surface area contributed by atoms with Gasteiger partial charge in [-0.15, -0.1) is 11.3 Å². The summed E-state index contributed by atoms with van der Waals surface area (Å²) in [6.07, 6.45) is 0. The van der Waals surface area contributed by atoms with Crippen molar-refractivity contribution in [1.29, 1.82) is 0 Å². The molecule has 1 aromatic heterocycles. The summed E-state index contributed by atoms with van der Waals surface area (Å²) in [7, 11) is -3.77. The first-order valence-corrected chi connectivity index (χ1v) is 11.7. The molecule has 0 bridgehead atoms. The Morgan fingerprint density at radius 2 is 1.65 bits per heavy atom. The molecule has 0 spiro atoms. The molecule has 4 aromatic rings. The molecule has 1 heterocycles. The van der Waals surface area contributed by atoms with E-state index in [9.17, 15) is 13.2 Å². The summed E-state index contributed by atoms with van der Waals surface area (Å²) in [5, 5.41) is 11.8. The lowest BCUT2D eigenvalue weighted by molar-refractivity contribution is 0.0696. The zero-order valence-electron chi connectivity index (χ0n) is 16.2. The van der Waals surface area contributed by atoms with Gasteiger partial charge in [0.15, 0.2) is 0 Å². The number of benzene rings is 3. The SMILES string of the molecule is O=C(O)c1ccc(S(=O)(=O)NCc2cccc(-c3nc(-c4ccccc4)cs3)c2)cc1. The van der Waals surface area contributed by atoms with Gasteiger partial charge in [0.2, 0.25) is 10.0 Å². The molecule has 6 nitrogen and oxygen atoms in total. The molecule has 31 heavy (non-hydrogen) atoms. The maximum absolute atomic E-state index is 12.5. The number of nitrogens with zero attached hydrogens (tertiary/aromatic N) is 1. The van der Waals surface area contributed by atoms with Gasteiger partial charge in [-0.1, -0.05) is 48.5 Å². The van der Waals surface area contributed by atoms with Gasteiger partial charge in [0.25, 0.3) is 0 Å². The van der Waals surface area contributed by atoms with Crippen molar-refractivity contribution in [1.82, 2.24) is 9.71 Å². The minimum atomic E-state index is -3.77. The topological polar surface area (TPSA) is 96.4 Å². The molecule has 0 saturated carbocycles. The average Bonchev–Trinajstić information content (AvgIpc) is 3.29. The summed E-state index contributed by atoms with van der Waals surface area (Å²) in [5.41, 5.74) is 3.68. The summed E-state index contributed by atoms with van der Waals surface area (Å²) in [6, 6.07) is 22.6. The molecule has 3 aromatic carbocycles. The average molecular weight is 451 g/mol. The quantitative estimate of drug-likeness (QED) is 0.427. The Morgan fingerprint density at radius 3 is 2.35 bits per heavy atom. The van der Waals surface area contributed by atoms with Crippen LogP contribution in [0, 0.1) is 0 Å². The Morgan fingerprint density at radius 1 is 0.935 bits per heavy atom. The van der Waals surface area contributed by atoms with Crippen molar-refractivity contribution >= 4 is 27.3 Å². The number of carbonyl (C=O) groups is 1. The third kappa shape index (κ3) is 4.88. The second-order valence-electron chi connectivity index (χ2n) is 6.76. The number of rotatable bonds is 7. The van der Waals surface area contributed by atoms with E-state index >= 15 is 0 Å². The number of thiazole rings is 1. The largest absolute Gasteiger partial charge is 0.478 e. The van der Waals surface area contributed by atoms with E-state index in [2.05, 4.69) is 4.72 Å². The molecule has 0 atom stereocenters. The summed E-state index contributed by atoms with van der Waals surface area (Å²) in [4.78, 5) is 15.7. The normalized spacial score (nSPS) is 11.4. The molecule has 0 fully saturated rings. The molecule has 4 rings (SSSR count). The third-order valence-electron chi connectivity index (χ3n) is 4.63. The van der Waals surface area contributed by atoms with Crippen LogP contribution in [0.1, 0.15) is 15.9 Å². The fraction of sp³-hybridized carbons (Fsp3) is 0.0435. The first-order chi connectivity index (χ1) is 14.9. The number of aromatic carboxylic acids is 1. The third-order valence-corrected chi connectivity index (χ3v) is 6.93. The highest BCUT2D eigenvalue weighted by molar-refractivity contribution is 7.89. The maximum atomic E-state index is 12.5. The predicted octanol–water partition coefficient (Wildman–Crippen LogP) is 4.65. The van der Waals surface area contributed by atoms with Crippen molar-refractivity contribution in [2.45, 2.75) is 11.4 Å². The van der Waals surface area contributed by atoms with Gasteiger partial charge in [0.05, 0.1) is 16.2 Å². The van der Waals surface area contributed by atoms with Crippen LogP contribution >= 0.6 is 11.3 Å². The molecule has 0 amide bonds. The Balaban J connectivity index is 1.49. The molecule has 0 radical (unpaired) electrons. The molecule has 156 valence electrons. The van der Waals surface area contributed by atoms with Crippen molar-refractivity contribution in [3.63, 3.8) is 0 Å². The standard InChI is InChI=1S/C23H18N2O4S2/c26-23(27)18-9-11-20(12-10-18)31(28,29)24-14-16-5-4-8-19(13-16)22-25-21(15-30-22)17-6-2-1-3-7-17/h1-13,15,24H,14H2,(H,26,27). The van der Waals surface area contributed by atoms with E-state index in [0.717, 1.165) is 27.4 Å². The van der Waals surface area contributed by atoms with Gasteiger partial charge in [0, 0.05) is 23.1 Å². The Kier molecular flexibility index (Phi) is 5.94. The van der Waals surface area contributed by atoms with Crippen LogP contribution in [0.5, 0.6) is 0 Å². The van der Waals surface area contributed by atoms with Crippen molar-refractivity contribution in [3.05, 3.63) is 95.4 Å². The van der Waals surface area contributed by atoms with Crippen molar-refractivity contribution in [3.8, 4) is 21.8 Å². The molecule has 2 N–H and O–H groups in total. The fourth-order valence-corrected chi connectivity index (χ4v) is 4.84. The number of hydrogen-bond donors (Lipinski definition) is 2. The molecule has 0 aliphatic rings. The molecule has 0 saturated heterocycles. The number of aromatic nitrogens is 1. The van der Waals surface area contributed by atoms with Gasteiger partial charge >= 0.3 is 5.97 Å². The number of carboxylic acids is 1. The van der Waals surface area contributed by atoms with Crippen LogP contribution in [0.4, 0.5) is 0 Å². The van der Waals surface area contributed by atoms with Gasteiger partial charge in [-0.05, 0) is 35.9 Å². The van der Waals surface area contributed by atoms with Gasteiger partial charge in [-0.2, -0.15) is 0 Å². The first-order valence-electron chi connectivity index (χ1n) is 9.36. The van der Waals surface area contributed by atoms with Crippen LogP contribution in [-0.4, -0.2) is 24.5 Å². The Labute approximate surface area is 183 Å². The number of carboxylic acid groups (broad SMARTS) is 1. The highest BCUT2D eigenvalue weighted by atomic mass is 32.2. The molecular weight excluding hydrogens is 432 g/mol. The van der Waals surface area contributed by atoms with E-state index in [1.165, 1.54) is 35.6 Å². The second kappa shape index (κ2) is 8.81. The predicted molar refractivity (Wildman–Crippen MR) is 120 cm³/mol. The fourth-order valence-electron chi connectivity index (χ4n) is 3.00. The van der Waals surface area contributed by atoms with Crippen LogP contribution in [0.15, 0.2) is 89.1 Å². The zero-order chi connectivity index (χ0) is 21.8. The summed E-state index contributed by atoms with van der Waals surface area (Å²) in [6.45, 7) is 0.105. The van der Waals surface area contributed by atoms with Crippen LogP contribution in [-0.2, 0) is 16.6 Å².